The topological polar surface area (TPSA) is 78.1 Å². The molecule has 0 amide bonds. The third-order valence-corrected chi connectivity index (χ3v) is 4.43. The quantitative estimate of drug-likeness (QED) is 0.626. The van der Waals surface area contributed by atoms with E-state index in [1.54, 1.807) is 0 Å². The standard InChI is InChI=1S/C19H19N3O3S/c1-11-2-4-13-14(21-22-19(20)26)10-16(25-17(13)8-11)12-3-5-15-18(9-12)24-7-6-23-15/h2-5,8-9,16H,6-7,10H2,1H3,(H3,20,22,26)/b21-14-/t16-/m1/s1. The molecule has 0 spiro atoms. The third-order valence-electron chi connectivity index (χ3n) is 4.34. The van der Waals surface area contributed by atoms with Gasteiger partial charge in [-0.05, 0) is 54.5 Å². The zero-order valence-electron chi connectivity index (χ0n) is 14.3. The van der Waals surface area contributed by atoms with Crippen LogP contribution in [0.25, 0.3) is 0 Å². The molecule has 0 saturated carbocycles. The van der Waals surface area contributed by atoms with Crippen LogP contribution in [-0.2, 0) is 0 Å². The maximum atomic E-state index is 6.26. The van der Waals surface area contributed by atoms with Crippen LogP contribution in [0.2, 0.25) is 0 Å². The van der Waals surface area contributed by atoms with Crippen molar-refractivity contribution in [3.8, 4) is 17.2 Å². The Bertz CT molecular complexity index is 898. The van der Waals surface area contributed by atoms with Crippen LogP contribution >= 0.6 is 12.2 Å². The second-order valence-electron chi connectivity index (χ2n) is 6.25. The Kier molecular flexibility index (Phi) is 4.38. The lowest BCUT2D eigenvalue weighted by Gasteiger charge is -2.29. The summed E-state index contributed by atoms with van der Waals surface area (Å²) in [6, 6.07) is 11.9. The highest BCUT2D eigenvalue weighted by atomic mass is 32.1. The van der Waals surface area contributed by atoms with Gasteiger partial charge in [0.15, 0.2) is 16.6 Å². The van der Waals surface area contributed by atoms with E-state index < -0.39 is 0 Å². The number of rotatable bonds is 2. The number of hydrazone groups is 1. The van der Waals surface area contributed by atoms with Gasteiger partial charge in [-0.1, -0.05) is 12.1 Å². The number of nitrogens with two attached hydrogens (primary N) is 1. The lowest BCUT2D eigenvalue weighted by atomic mass is 9.94. The fourth-order valence-corrected chi connectivity index (χ4v) is 3.17. The number of ether oxygens (including phenoxy) is 3. The van der Waals surface area contributed by atoms with E-state index in [-0.39, 0.29) is 11.2 Å². The molecule has 4 rings (SSSR count). The monoisotopic (exact) mass is 369 g/mol. The second kappa shape index (κ2) is 6.84. The first-order valence-corrected chi connectivity index (χ1v) is 8.80. The summed E-state index contributed by atoms with van der Waals surface area (Å²) >= 11 is 4.87. The molecular formula is C19H19N3O3S. The third kappa shape index (κ3) is 3.30. The molecule has 26 heavy (non-hydrogen) atoms. The summed E-state index contributed by atoms with van der Waals surface area (Å²) in [7, 11) is 0. The Hall–Kier alpha value is -2.80. The molecule has 3 N–H and O–H groups in total. The Morgan fingerprint density at radius 1 is 1.12 bits per heavy atom. The highest BCUT2D eigenvalue weighted by molar-refractivity contribution is 7.80. The van der Waals surface area contributed by atoms with Crippen molar-refractivity contribution < 1.29 is 14.2 Å². The summed E-state index contributed by atoms with van der Waals surface area (Å²) in [5.74, 6) is 2.29. The molecule has 2 aliphatic heterocycles. The molecule has 0 radical (unpaired) electrons. The molecule has 2 aliphatic rings. The van der Waals surface area contributed by atoms with Gasteiger partial charge in [0.05, 0.1) is 5.71 Å². The van der Waals surface area contributed by atoms with E-state index in [9.17, 15) is 0 Å². The van der Waals surface area contributed by atoms with Crippen molar-refractivity contribution >= 4 is 23.0 Å². The SMILES string of the molecule is Cc1ccc2c(c1)O[C@@H](c1ccc3c(c1)OCCO3)C/C2=N/NC(N)=S. The van der Waals surface area contributed by atoms with Gasteiger partial charge in [0.2, 0.25) is 0 Å². The minimum atomic E-state index is -0.188. The summed E-state index contributed by atoms with van der Waals surface area (Å²) in [5.41, 5.74) is 12.1. The molecule has 0 saturated heterocycles. The zero-order valence-corrected chi connectivity index (χ0v) is 15.1. The minimum absolute atomic E-state index is 0.133. The van der Waals surface area contributed by atoms with Crippen LogP contribution in [0.15, 0.2) is 41.5 Å². The summed E-state index contributed by atoms with van der Waals surface area (Å²) in [5, 5.41) is 4.51. The van der Waals surface area contributed by atoms with Crippen molar-refractivity contribution in [2.24, 2.45) is 10.8 Å². The van der Waals surface area contributed by atoms with Crippen LogP contribution in [0.4, 0.5) is 0 Å². The first kappa shape index (κ1) is 16.7. The lowest BCUT2D eigenvalue weighted by Crippen LogP contribution is -2.28. The Balaban J connectivity index is 1.70. The molecule has 6 nitrogen and oxygen atoms in total. The van der Waals surface area contributed by atoms with Crippen molar-refractivity contribution in [1.82, 2.24) is 5.43 Å². The summed E-state index contributed by atoms with van der Waals surface area (Å²) in [6.07, 6.45) is 0.401. The van der Waals surface area contributed by atoms with Crippen LogP contribution in [0, 0.1) is 6.92 Å². The minimum Gasteiger partial charge on any atom is -0.486 e. The lowest BCUT2D eigenvalue weighted by molar-refractivity contribution is 0.169. The predicted octanol–water partition coefficient (Wildman–Crippen LogP) is 2.83. The molecule has 7 heteroatoms. The summed E-state index contributed by atoms with van der Waals surface area (Å²) in [6.45, 7) is 3.15. The van der Waals surface area contributed by atoms with Crippen molar-refractivity contribution in [3.63, 3.8) is 0 Å². The van der Waals surface area contributed by atoms with E-state index in [2.05, 4.69) is 10.5 Å². The normalized spacial score (nSPS) is 19.4. The molecule has 2 aromatic rings. The molecule has 1 atom stereocenters. The average Bonchev–Trinajstić information content (AvgIpc) is 2.65. The van der Waals surface area contributed by atoms with Gasteiger partial charge in [0.1, 0.15) is 25.1 Å². The molecular weight excluding hydrogens is 350 g/mol. The number of nitrogens with zero attached hydrogens (tertiary/aromatic N) is 1. The maximum Gasteiger partial charge on any atom is 0.184 e. The Morgan fingerprint density at radius 2 is 1.92 bits per heavy atom. The molecule has 0 aliphatic carbocycles. The number of benzene rings is 2. The van der Waals surface area contributed by atoms with Crippen LogP contribution < -0.4 is 25.4 Å². The zero-order chi connectivity index (χ0) is 18.1. The number of hydrogen-bond donors (Lipinski definition) is 2. The average molecular weight is 369 g/mol. The largest absolute Gasteiger partial charge is 0.486 e. The van der Waals surface area contributed by atoms with Gasteiger partial charge in [-0.15, -0.1) is 0 Å². The Labute approximate surface area is 156 Å². The first-order valence-electron chi connectivity index (χ1n) is 8.39. The maximum absolute atomic E-state index is 6.26. The van der Waals surface area contributed by atoms with Crippen molar-refractivity contribution in [1.29, 1.82) is 0 Å². The number of nitrogens with one attached hydrogen (secondary N) is 1. The molecule has 0 fully saturated rings. The van der Waals surface area contributed by atoms with Gasteiger partial charge >= 0.3 is 0 Å². The molecule has 0 unspecified atom stereocenters. The van der Waals surface area contributed by atoms with Crippen molar-refractivity contribution in [2.45, 2.75) is 19.4 Å². The van der Waals surface area contributed by atoms with Crippen LogP contribution in [0.1, 0.15) is 29.2 Å². The first-order chi connectivity index (χ1) is 12.6. The number of fused-ring (bicyclic) bond motifs is 2. The molecule has 0 aromatic heterocycles. The summed E-state index contributed by atoms with van der Waals surface area (Å²) in [4.78, 5) is 0. The van der Waals surface area contributed by atoms with Crippen LogP contribution in [0.3, 0.4) is 0 Å². The fraction of sp³-hybridized carbons (Fsp3) is 0.263. The van der Waals surface area contributed by atoms with E-state index in [1.165, 1.54) is 0 Å². The summed E-state index contributed by atoms with van der Waals surface area (Å²) < 4.78 is 17.5. The second-order valence-corrected chi connectivity index (χ2v) is 6.69. The van der Waals surface area contributed by atoms with E-state index in [4.69, 9.17) is 32.2 Å². The van der Waals surface area contributed by atoms with Crippen molar-refractivity contribution in [2.75, 3.05) is 13.2 Å². The van der Waals surface area contributed by atoms with E-state index in [1.807, 2.05) is 43.3 Å². The molecule has 2 heterocycles. The highest BCUT2D eigenvalue weighted by Crippen LogP contribution is 2.39. The van der Waals surface area contributed by atoms with Gasteiger partial charge in [-0.3, -0.25) is 5.43 Å². The number of hydrogen-bond acceptors (Lipinski definition) is 5. The predicted molar refractivity (Wildman–Crippen MR) is 103 cm³/mol. The van der Waals surface area contributed by atoms with Gasteiger partial charge in [-0.2, -0.15) is 5.10 Å². The van der Waals surface area contributed by atoms with E-state index >= 15 is 0 Å². The molecule has 0 bridgehead atoms. The van der Waals surface area contributed by atoms with Gasteiger partial charge < -0.3 is 19.9 Å². The molecule has 134 valence electrons. The molecule has 2 aromatic carbocycles. The fourth-order valence-electron chi connectivity index (χ4n) is 3.12. The number of thiocarbonyl (C=S) groups is 1. The Morgan fingerprint density at radius 3 is 2.73 bits per heavy atom. The highest BCUT2D eigenvalue weighted by Gasteiger charge is 2.28. The van der Waals surface area contributed by atoms with Gasteiger partial charge in [-0.25, -0.2) is 0 Å². The van der Waals surface area contributed by atoms with Gasteiger partial charge in [0.25, 0.3) is 0 Å². The van der Waals surface area contributed by atoms with Gasteiger partial charge in [0, 0.05) is 12.0 Å². The van der Waals surface area contributed by atoms with Crippen LogP contribution in [0.5, 0.6) is 17.2 Å². The van der Waals surface area contributed by atoms with Crippen LogP contribution in [-0.4, -0.2) is 24.0 Å². The smallest absolute Gasteiger partial charge is 0.184 e. The van der Waals surface area contributed by atoms with E-state index in [0.29, 0.717) is 19.6 Å². The van der Waals surface area contributed by atoms with Crippen molar-refractivity contribution in [3.05, 3.63) is 53.1 Å². The van der Waals surface area contributed by atoms with E-state index in [0.717, 1.165) is 39.7 Å². The number of aryl methyl sites for hydroxylation is 1.